The predicted molar refractivity (Wildman–Crippen MR) is 75.1 cm³/mol. The Hall–Kier alpha value is -2.02. The van der Waals surface area contributed by atoms with Gasteiger partial charge in [0.15, 0.2) is 11.9 Å². The molecule has 0 saturated heterocycles. The summed E-state index contributed by atoms with van der Waals surface area (Å²) < 4.78 is 16.0. The Kier molecular flexibility index (Phi) is 3.83. The summed E-state index contributed by atoms with van der Waals surface area (Å²) in [6, 6.07) is 7.61. The number of esters is 1. The Labute approximate surface area is 125 Å². The van der Waals surface area contributed by atoms with Gasteiger partial charge in [0.05, 0.1) is 0 Å². The third-order valence-electron chi connectivity index (χ3n) is 2.96. The van der Waals surface area contributed by atoms with Crippen LogP contribution in [0.3, 0.4) is 0 Å². The molecule has 1 aromatic heterocycles. The van der Waals surface area contributed by atoms with E-state index in [4.69, 9.17) is 14.0 Å². The van der Waals surface area contributed by atoms with Crippen molar-refractivity contribution in [3.05, 3.63) is 36.0 Å². The molecule has 0 spiro atoms. The standard InChI is InChI=1S/C14H14N2O4S/c1-8(13-15-9(2)16-20-13)18-14(17)11-7-21-12-6-4-3-5-10(12)19-11/h3-6,8,11H,7H2,1-2H3. The van der Waals surface area contributed by atoms with Crippen LogP contribution in [0.1, 0.15) is 24.7 Å². The molecule has 2 aromatic rings. The molecule has 2 unspecified atom stereocenters. The van der Waals surface area contributed by atoms with Gasteiger partial charge in [-0.1, -0.05) is 17.3 Å². The van der Waals surface area contributed by atoms with Crippen LogP contribution in [0.2, 0.25) is 0 Å². The lowest BCUT2D eigenvalue weighted by Crippen LogP contribution is -2.34. The Morgan fingerprint density at radius 2 is 2.29 bits per heavy atom. The van der Waals surface area contributed by atoms with Crippen LogP contribution in [0, 0.1) is 6.92 Å². The number of aryl methyl sites for hydroxylation is 1. The highest BCUT2D eigenvalue weighted by Gasteiger charge is 2.30. The second-order valence-corrected chi connectivity index (χ2v) is 5.69. The minimum Gasteiger partial charge on any atom is -0.477 e. The number of carbonyl (C=O) groups excluding carboxylic acids is 1. The zero-order valence-electron chi connectivity index (χ0n) is 11.6. The second-order valence-electron chi connectivity index (χ2n) is 4.62. The second kappa shape index (κ2) is 5.77. The lowest BCUT2D eigenvalue weighted by Gasteiger charge is -2.24. The van der Waals surface area contributed by atoms with Crippen LogP contribution in [0.5, 0.6) is 5.75 Å². The van der Waals surface area contributed by atoms with E-state index in [0.717, 1.165) is 4.90 Å². The molecule has 2 atom stereocenters. The third-order valence-corrected chi connectivity index (χ3v) is 4.07. The highest BCUT2D eigenvalue weighted by atomic mass is 32.2. The van der Waals surface area contributed by atoms with Crippen molar-refractivity contribution in [1.82, 2.24) is 10.1 Å². The van der Waals surface area contributed by atoms with Gasteiger partial charge in [-0.3, -0.25) is 0 Å². The minimum absolute atomic E-state index is 0.282. The summed E-state index contributed by atoms with van der Waals surface area (Å²) in [7, 11) is 0. The largest absolute Gasteiger partial charge is 0.477 e. The summed E-state index contributed by atoms with van der Waals surface area (Å²) in [5.41, 5.74) is 0. The molecule has 0 radical (unpaired) electrons. The lowest BCUT2D eigenvalue weighted by molar-refractivity contribution is -0.157. The molecule has 0 bridgehead atoms. The number of benzene rings is 1. The van der Waals surface area contributed by atoms with Crippen molar-refractivity contribution in [3.8, 4) is 5.75 Å². The number of hydrogen-bond acceptors (Lipinski definition) is 7. The van der Waals surface area contributed by atoms with Crippen LogP contribution in [-0.4, -0.2) is 28.0 Å². The number of para-hydroxylation sites is 1. The van der Waals surface area contributed by atoms with Gasteiger partial charge in [-0.2, -0.15) is 4.98 Å². The molecular formula is C14H14N2O4S. The first-order chi connectivity index (χ1) is 10.1. The van der Waals surface area contributed by atoms with Crippen LogP contribution in [-0.2, 0) is 9.53 Å². The average molecular weight is 306 g/mol. The van der Waals surface area contributed by atoms with Gasteiger partial charge in [0, 0.05) is 10.6 Å². The number of thioether (sulfide) groups is 1. The topological polar surface area (TPSA) is 74.5 Å². The highest BCUT2D eigenvalue weighted by Crippen LogP contribution is 2.35. The number of aromatic nitrogens is 2. The maximum absolute atomic E-state index is 12.1. The summed E-state index contributed by atoms with van der Waals surface area (Å²) in [5.74, 6) is 1.58. The van der Waals surface area contributed by atoms with Crippen molar-refractivity contribution in [1.29, 1.82) is 0 Å². The molecule has 7 heteroatoms. The van der Waals surface area contributed by atoms with Gasteiger partial charge in [0.1, 0.15) is 5.75 Å². The first kappa shape index (κ1) is 13.9. The van der Waals surface area contributed by atoms with Crippen molar-refractivity contribution in [2.45, 2.75) is 31.0 Å². The first-order valence-electron chi connectivity index (χ1n) is 6.52. The van der Waals surface area contributed by atoms with E-state index in [1.54, 1.807) is 25.6 Å². The fourth-order valence-electron chi connectivity index (χ4n) is 1.91. The third kappa shape index (κ3) is 3.02. The molecule has 6 nitrogen and oxygen atoms in total. The van der Waals surface area contributed by atoms with Gasteiger partial charge < -0.3 is 14.0 Å². The highest BCUT2D eigenvalue weighted by molar-refractivity contribution is 7.99. The fourth-order valence-corrected chi connectivity index (χ4v) is 2.88. The zero-order chi connectivity index (χ0) is 14.8. The number of fused-ring (bicyclic) bond motifs is 1. The summed E-state index contributed by atoms with van der Waals surface area (Å²) in [6.45, 7) is 3.40. The van der Waals surface area contributed by atoms with Gasteiger partial charge in [0.25, 0.3) is 5.89 Å². The van der Waals surface area contributed by atoms with E-state index in [9.17, 15) is 4.79 Å². The maximum atomic E-state index is 12.1. The number of hydrogen-bond donors (Lipinski definition) is 0. The number of nitrogens with zero attached hydrogens (tertiary/aromatic N) is 2. The Morgan fingerprint density at radius 3 is 3.05 bits per heavy atom. The van der Waals surface area contributed by atoms with Gasteiger partial charge in [-0.15, -0.1) is 11.8 Å². The maximum Gasteiger partial charge on any atom is 0.349 e. The van der Waals surface area contributed by atoms with E-state index in [1.807, 2.05) is 24.3 Å². The van der Waals surface area contributed by atoms with Crippen LogP contribution < -0.4 is 4.74 Å². The molecule has 1 aromatic carbocycles. The Balaban J connectivity index is 1.64. The summed E-state index contributed by atoms with van der Waals surface area (Å²) in [4.78, 5) is 17.2. The molecule has 0 aliphatic carbocycles. The number of carbonyl (C=O) groups is 1. The van der Waals surface area contributed by atoms with Gasteiger partial charge in [-0.25, -0.2) is 4.79 Å². The molecule has 1 aliphatic rings. The monoisotopic (exact) mass is 306 g/mol. The van der Waals surface area contributed by atoms with Gasteiger partial charge >= 0.3 is 5.97 Å². The van der Waals surface area contributed by atoms with Crippen LogP contribution in [0.25, 0.3) is 0 Å². The molecule has 21 heavy (non-hydrogen) atoms. The first-order valence-corrected chi connectivity index (χ1v) is 7.51. The van der Waals surface area contributed by atoms with E-state index < -0.39 is 18.2 Å². The molecule has 1 aliphatic heterocycles. The van der Waals surface area contributed by atoms with Crippen molar-refractivity contribution < 1.29 is 18.8 Å². The minimum atomic E-state index is -0.628. The molecule has 2 heterocycles. The smallest absolute Gasteiger partial charge is 0.349 e. The molecule has 0 saturated carbocycles. The number of rotatable bonds is 3. The average Bonchev–Trinajstić information content (AvgIpc) is 2.93. The van der Waals surface area contributed by atoms with E-state index in [-0.39, 0.29) is 5.89 Å². The SMILES string of the molecule is Cc1noc(C(C)OC(=O)C2CSc3ccccc3O2)n1. The quantitative estimate of drug-likeness (QED) is 0.807. The lowest BCUT2D eigenvalue weighted by atomic mass is 10.3. The van der Waals surface area contributed by atoms with Gasteiger partial charge in [-0.05, 0) is 26.0 Å². The normalized spacial score (nSPS) is 18.5. The predicted octanol–water partition coefficient (Wildman–Crippen LogP) is 2.54. The molecule has 0 N–H and O–H groups in total. The Bertz CT molecular complexity index is 658. The van der Waals surface area contributed by atoms with E-state index in [0.29, 0.717) is 17.3 Å². The van der Waals surface area contributed by atoms with Crippen LogP contribution in [0.4, 0.5) is 0 Å². The van der Waals surface area contributed by atoms with Crippen molar-refractivity contribution in [2.24, 2.45) is 0 Å². The molecule has 3 rings (SSSR count). The molecule has 0 amide bonds. The van der Waals surface area contributed by atoms with Crippen LogP contribution >= 0.6 is 11.8 Å². The van der Waals surface area contributed by atoms with Crippen molar-refractivity contribution in [2.75, 3.05) is 5.75 Å². The zero-order valence-corrected chi connectivity index (χ0v) is 12.4. The van der Waals surface area contributed by atoms with E-state index in [1.165, 1.54) is 0 Å². The van der Waals surface area contributed by atoms with Crippen molar-refractivity contribution >= 4 is 17.7 Å². The van der Waals surface area contributed by atoms with E-state index in [2.05, 4.69) is 10.1 Å². The molecule has 0 fully saturated rings. The summed E-state index contributed by atoms with van der Waals surface area (Å²) in [6.07, 6.45) is -1.22. The number of ether oxygens (including phenoxy) is 2. The van der Waals surface area contributed by atoms with Gasteiger partial charge in [0.2, 0.25) is 6.10 Å². The summed E-state index contributed by atoms with van der Waals surface area (Å²) >= 11 is 1.57. The van der Waals surface area contributed by atoms with E-state index >= 15 is 0 Å². The Morgan fingerprint density at radius 1 is 1.48 bits per heavy atom. The summed E-state index contributed by atoms with van der Waals surface area (Å²) in [5, 5.41) is 3.67. The van der Waals surface area contributed by atoms with Crippen molar-refractivity contribution in [3.63, 3.8) is 0 Å². The fraction of sp³-hybridized carbons (Fsp3) is 0.357. The molecule has 110 valence electrons. The van der Waals surface area contributed by atoms with Crippen LogP contribution in [0.15, 0.2) is 33.7 Å². The molecular weight excluding hydrogens is 292 g/mol.